The molecule has 0 bridgehead atoms. The van der Waals surface area contributed by atoms with Crippen LogP contribution >= 0.6 is 0 Å². The zero-order valence-corrected chi connectivity index (χ0v) is 11.0. The summed E-state index contributed by atoms with van der Waals surface area (Å²) < 4.78 is 0. The van der Waals surface area contributed by atoms with Gasteiger partial charge in [0.25, 0.3) is 0 Å². The maximum atomic E-state index is 11.2. The Kier molecular flexibility index (Phi) is 3.08. The maximum Gasteiger partial charge on any atom is 0.159 e. The Morgan fingerprint density at radius 3 is 2.58 bits per heavy atom. The van der Waals surface area contributed by atoms with Crippen LogP contribution in [0.1, 0.15) is 34.3 Å². The molecular formula is C17H17NO. The standard InChI is InChI=1S/C17H17NO/c1-12(19)13-6-8-16(9-7-13)18-11-15-10-14-4-2-3-5-17(14)15/h2-9,15,18H,10-11H2,1H3. The molecule has 1 aliphatic rings. The number of benzene rings is 2. The summed E-state index contributed by atoms with van der Waals surface area (Å²) in [4.78, 5) is 11.2. The molecule has 2 heteroatoms. The van der Waals surface area contributed by atoms with E-state index in [0.29, 0.717) is 5.92 Å². The molecule has 1 atom stereocenters. The molecule has 0 spiro atoms. The third-order valence-corrected chi connectivity index (χ3v) is 3.81. The third kappa shape index (κ3) is 2.39. The summed E-state index contributed by atoms with van der Waals surface area (Å²) in [5.74, 6) is 0.725. The van der Waals surface area contributed by atoms with E-state index in [-0.39, 0.29) is 5.78 Å². The summed E-state index contributed by atoms with van der Waals surface area (Å²) in [6, 6.07) is 16.3. The first-order valence-corrected chi connectivity index (χ1v) is 6.67. The highest BCUT2D eigenvalue weighted by Gasteiger charge is 2.24. The van der Waals surface area contributed by atoms with Gasteiger partial charge in [-0.3, -0.25) is 4.79 Å². The summed E-state index contributed by atoms with van der Waals surface area (Å²) >= 11 is 0. The van der Waals surface area contributed by atoms with Gasteiger partial charge in [0.15, 0.2) is 5.78 Å². The third-order valence-electron chi connectivity index (χ3n) is 3.81. The molecule has 0 heterocycles. The predicted molar refractivity (Wildman–Crippen MR) is 77.8 cm³/mol. The van der Waals surface area contributed by atoms with Gasteiger partial charge in [-0.1, -0.05) is 24.3 Å². The van der Waals surface area contributed by atoms with Gasteiger partial charge in [-0.15, -0.1) is 0 Å². The highest BCUT2D eigenvalue weighted by atomic mass is 16.1. The first kappa shape index (κ1) is 12.0. The molecule has 0 aliphatic heterocycles. The van der Waals surface area contributed by atoms with Crippen LogP contribution in [-0.4, -0.2) is 12.3 Å². The smallest absolute Gasteiger partial charge is 0.159 e. The normalized spacial score (nSPS) is 16.4. The number of ketones is 1. The first-order chi connectivity index (χ1) is 9.24. The van der Waals surface area contributed by atoms with E-state index in [0.717, 1.165) is 24.2 Å². The van der Waals surface area contributed by atoms with Crippen molar-refractivity contribution in [1.29, 1.82) is 0 Å². The van der Waals surface area contributed by atoms with Gasteiger partial charge in [0.1, 0.15) is 0 Å². The summed E-state index contributed by atoms with van der Waals surface area (Å²) in [6.07, 6.45) is 1.16. The number of nitrogens with one attached hydrogen (secondary N) is 1. The fourth-order valence-electron chi connectivity index (χ4n) is 2.61. The van der Waals surface area contributed by atoms with Crippen LogP contribution in [0.5, 0.6) is 0 Å². The molecule has 2 aromatic rings. The van der Waals surface area contributed by atoms with Crippen LogP contribution in [-0.2, 0) is 6.42 Å². The minimum absolute atomic E-state index is 0.111. The number of rotatable bonds is 4. The van der Waals surface area contributed by atoms with E-state index in [4.69, 9.17) is 0 Å². The molecule has 1 N–H and O–H groups in total. The fourth-order valence-corrected chi connectivity index (χ4v) is 2.61. The van der Waals surface area contributed by atoms with Crippen molar-refractivity contribution in [3.8, 4) is 0 Å². The Bertz CT molecular complexity index is 601. The number of fused-ring (bicyclic) bond motifs is 1. The van der Waals surface area contributed by atoms with Crippen LogP contribution in [0.25, 0.3) is 0 Å². The van der Waals surface area contributed by atoms with Crippen LogP contribution in [0.2, 0.25) is 0 Å². The average molecular weight is 251 g/mol. The molecule has 1 unspecified atom stereocenters. The van der Waals surface area contributed by atoms with Crippen molar-refractivity contribution in [2.45, 2.75) is 19.3 Å². The molecule has 2 nitrogen and oxygen atoms in total. The Morgan fingerprint density at radius 1 is 1.16 bits per heavy atom. The monoisotopic (exact) mass is 251 g/mol. The van der Waals surface area contributed by atoms with Gasteiger partial charge in [0, 0.05) is 23.7 Å². The number of carbonyl (C=O) groups excluding carboxylic acids is 1. The fraction of sp³-hybridized carbons (Fsp3) is 0.235. The molecule has 0 amide bonds. The van der Waals surface area contributed by atoms with Crippen LogP contribution in [0.15, 0.2) is 48.5 Å². The van der Waals surface area contributed by atoms with Gasteiger partial charge in [-0.25, -0.2) is 0 Å². The lowest BCUT2D eigenvalue weighted by Gasteiger charge is -2.30. The van der Waals surface area contributed by atoms with Crippen LogP contribution < -0.4 is 5.32 Å². The molecule has 0 aromatic heterocycles. The van der Waals surface area contributed by atoms with Gasteiger partial charge in [-0.05, 0) is 48.7 Å². The van der Waals surface area contributed by atoms with Crippen molar-refractivity contribution in [2.75, 3.05) is 11.9 Å². The van der Waals surface area contributed by atoms with E-state index < -0.39 is 0 Å². The quantitative estimate of drug-likeness (QED) is 0.840. The maximum absolute atomic E-state index is 11.2. The Balaban J connectivity index is 1.60. The minimum atomic E-state index is 0.111. The van der Waals surface area contributed by atoms with Crippen molar-refractivity contribution < 1.29 is 4.79 Å². The number of carbonyl (C=O) groups is 1. The van der Waals surface area contributed by atoms with Crippen molar-refractivity contribution in [3.63, 3.8) is 0 Å². The largest absolute Gasteiger partial charge is 0.384 e. The van der Waals surface area contributed by atoms with Crippen LogP contribution in [0.4, 0.5) is 5.69 Å². The van der Waals surface area contributed by atoms with E-state index in [1.807, 2.05) is 24.3 Å². The van der Waals surface area contributed by atoms with Gasteiger partial charge in [0.05, 0.1) is 0 Å². The zero-order valence-electron chi connectivity index (χ0n) is 11.0. The SMILES string of the molecule is CC(=O)c1ccc(NCC2Cc3ccccc32)cc1. The van der Waals surface area contributed by atoms with Crippen molar-refractivity contribution >= 4 is 11.5 Å². The van der Waals surface area contributed by atoms with E-state index in [1.54, 1.807) is 6.92 Å². The molecule has 0 radical (unpaired) electrons. The lowest BCUT2D eigenvalue weighted by atomic mass is 9.77. The Morgan fingerprint density at radius 2 is 1.89 bits per heavy atom. The van der Waals surface area contributed by atoms with Gasteiger partial charge in [-0.2, -0.15) is 0 Å². The van der Waals surface area contributed by atoms with Gasteiger partial charge >= 0.3 is 0 Å². The van der Waals surface area contributed by atoms with Crippen molar-refractivity contribution in [1.82, 2.24) is 0 Å². The molecule has 3 rings (SSSR count). The number of Topliss-reactive ketones (excluding diaryl/α,β-unsaturated/α-hetero) is 1. The van der Waals surface area contributed by atoms with Crippen LogP contribution in [0.3, 0.4) is 0 Å². The summed E-state index contributed by atoms with van der Waals surface area (Å²) in [7, 11) is 0. The van der Waals surface area contributed by atoms with Gasteiger partial charge < -0.3 is 5.32 Å². The molecule has 0 saturated carbocycles. The molecule has 0 saturated heterocycles. The van der Waals surface area contributed by atoms with Gasteiger partial charge in [0.2, 0.25) is 0 Å². The van der Waals surface area contributed by atoms with E-state index in [1.165, 1.54) is 11.1 Å². The number of anilines is 1. The first-order valence-electron chi connectivity index (χ1n) is 6.67. The molecule has 19 heavy (non-hydrogen) atoms. The zero-order chi connectivity index (χ0) is 13.2. The molecule has 96 valence electrons. The second-order valence-corrected chi connectivity index (χ2v) is 5.11. The number of hydrogen-bond acceptors (Lipinski definition) is 2. The summed E-state index contributed by atoms with van der Waals surface area (Å²) in [5, 5.41) is 3.44. The van der Waals surface area contributed by atoms with E-state index in [9.17, 15) is 4.79 Å². The van der Waals surface area contributed by atoms with Crippen LogP contribution in [0, 0.1) is 0 Å². The number of hydrogen-bond donors (Lipinski definition) is 1. The molecular weight excluding hydrogens is 234 g/mol. The molecule has 0 fully saturated rings. The average Bonchev–Trinajstić information content (AvgIpc) is 2.40. The second-order valence-electron chi connectivity index (χ2n) is 5.11. The highest BCUT2D eigenvalue weighted by Crippen LogP contribution is 2.34. The summed E-state index contributed by atoms with van der Waals surface area (Å²) in [6.45, 7) is 2.55. The van der Waals surface area contributed by atoms with Crippen molar-refractivity contribution in [2.24, 2.45) is 0 Å². The summed E-state index contributed by atoms with van der Waals surface area (Å²) in [5.41, 5.74) is 4.78. The molecule has 2 aromatic carbocycles. The lowest BCUT2D eigenvalue weighted by molar-refractivity contribution is 0.101. The Labute approximate surface area is 113 Å². The Hall–Kier alpha value is -2.09. The van der Waals surface area contributed by atoms with E-state index in [2.05, 4.69) is 29.6 Å². The topological polar surface area (TPSA) is 29.1 Å². The highest BCUT2D eigenvalue weighted by molar-refractivity contribution is 5.94. The molecule has 1 aliphatic carbocycles. The minimum Gasteiger partial charge on any atom is -0.384 e. The van der Waals surface area contributed by atoms with Crippen molar-refractivity contribution in [3.05, 3.63) is 65.2 Å². The van der Waals surface area contributed by atoms with E-state index >= 15 is 0 Å². The predicted octanol–water partition coefficient (Wildman–Crippen LogP) is 3.64. The lowest BCUT2D eigenvalue weighted by Crippen LogP contribution is -2.24. The second kappa shape index (κ2) is 4.88.